The minimum atomic E-state index is -1.000. The third-order valence-electron chi connectivity index (χ3n) is 3.79. The number of halogens is 1. The largest absolute Gasteiger partial charge is 0.364 e. The average molecular weight is 306 g/mol. The van der Waals surface area contributed by atoms with Crippen molar-refractivity contribution in [2.75, 3.05) is 6.54 Å². The third kappa shape index (κ3) is 2.79. The summed E-state index contributed by atoms with van der Waals surface area (Å²) in [5, 5.41) is 4.07. The van der Waals surface area contributed by atoms with Crippen molar-refractivity contribution in [2.24, 2.45) is 5.73 Å². The van der Waals surface area contributed by atoms with Gasteiger partial charge < -0.3 is 10.6 Å². The summed E-state index contributed by atoms with van der Waals surface area (Å²) in [6.07, 6.45) is 2.26. The van der Waals surface area contributed by atoms with Crippen molar-refractivity contribution in [1.82, 2.24) is 14.7 Å². The number of rotatable bonds is 5. The maximum atomic E-state index is 13.4. The van der Waals surface area contributed by atoms with Gasteiger partial charge in [0, 0.05) is 18.0 Å². The first-order valence-corrected chi connectivity index (χ1v) is 6.98. The molecule has 0 spiro atoms. The summed E-state index contributed by atoms with van der Waals surface area (Å²) in [5.74, 6) is -0.965. The van der Waals surface area contributed by atoms with Crippen LogP contribution in [0.25, 0.3) is 12.2 Å². The molecule has 1 saturated heterocycles. The maximum Gasteiger partial charge on any atom is 0.269 e. The number of likely N-dealkylation sites (tertiary alicyclic amines) is 1. The molecule has 1 aromatic heterocycles. The van der Waals surface area contributed by atoms with Gasteiger partial charge in [-0.2, -0.15) is 5.10 Å². The zero-order chi connectivity index (χ0) is 16.4. The second-order valence-electron chi connectivity index (χ2n) is 5.31. The van der Waals surface area contributed by atoms with E-state index in [0.29, 0.717) is 17.7 Å². The lowest BCUT2D eigenvalue weighted by molar-refractivity contribution is -0.132. The first kappa shape index (κ1) is 15.9. The van der Waals surface area contributed by atoms with Crippen molar-refractivity contribution in [3.8, 4) is 0 Å². The highest BCUT2D eigenvalue weighted by Crippen LogP contribution is 2.22. The molecule has 118 valence electrons. The monoisotopic (exact) mass is 306 g/mol. The molecule has 0 bridgehead atoms. The quantitative estimate of drug-likeness (QED) is 0.888. The molecular formula is C15H19FN4O2. The van der Waals surface area contributed by atoms with Gasteiger partial charge in [-0.1, -0.05) is 19.2 Å². The van der Waals surface area contributed by atoms with Crippen LogP contribution in [-0.4, -0.2) is 45.3 Å². The number of carbonyl (C=O) groups is 2. The van der Waals surface area contributed by atoms with Crippen LogP contribution in [0.1, 0.15) is 35.1 Å². The minimum absolute atomic E-state index is 0.0375. The highest BCUT2D eigenvalue weighted by molar-refractivity contribution is 5.96. The predicted molar refractivity (Wildman–Crippen MR) is 81.6 cm³/mol. The maximum absolute atomic E-state index is 13.4. The number of nitrogens with zero attached hydrogens (tertiary/aromatic N) is 3. The molecular weight excluding hydrogens is 287 g/mol. The van der Waals surface area contributed by atoms with E-state index in [1.807, 2.05) is 0 Å². The van der Waals surface area contributed by atoms with Gasteiger partial charge in [0.1, 0.15) is 12.7 Å². The highest BCUT2D eigenvalue weighted by atomic mass is 19.1. The van der Waals surface area contributed by atoms with Crippen LogP contribution in [0, 0.1) is 0 Å². The molecule has 2 unspecified atom stereocenters. The molecule has 2 rings (SSSR count). The standard InChI is InChI=1S/C15H19FN4O2/c1-4-11-12(5-2)20(18-14(11)15(17)22)8-13(21)19-7-10(16)6-9(19)3/h4-5,9-10H,1-2,6-8H2,3H3,(H2,17,22). The van der Waals surface area contributed by atoms with Crippen molar-refractivity contribution in [3.05, 3.63) is 30.1 Å². The molecule has 2 N–H and O–H groups in total. The van der Waals surface area contributed by atoms with Gasteiger partial charge in [-0.25, -0.2) is 4.39 Å². The van der Waals surface area contributed by atoms with E-state index in [-0.39, 0.29) is 30.7 Å². The second-order valence-corrected chi connectivity index (χ2v) is 5.31. The number of carbonyl (C=O) groups excluding carboxylic acids is 2. The van der Waals surface area contributed by atoms with E-state index < -0.39 is 12.1 Å². The Kier molecular flexibility index (Phi) is 4.44. The number of nitrogens with two attached hydrogens (primary N) is 1. The Hall–Kier alpha value is -2.44. The van der Waals surface area contributed by atoms with Crippen LogP contribution in [0.3, 0.4) is 0 Å². The summed E-state index contributed by atoms with van der Waals surface area (Å²) in [6, 6.07) is -0.153. The van der Waals surface area contributed by atoms with Crippen LogP contribution in [-0.2, 0) is 11.3 Å². The molecule has 1 aromatic rings. The Bertz CT molecular complexity index is 638. The van der Waals surface area contributed by atoms with Crippen LogP contribution in [0.2, 0.25) is 0 Å². The van der Waals surface area contributed by atoms with E-state index in [0.717, 1.165) is 0 Å². The van der Waals surface area contributed by atoms with E-state index in [1.54, 1.807) is 6.92 Å². The van der Waals surface area contributed by atoms with Crippen molar-refractivity contribution in [3.63, 3.8) is 0 Å². The summed E-state index contributed by atoms with van der Waals surface area (Å²) in [5.41, 5.74) is 6.24. The van der Waals surface area contributed by atoms with E-state index >= 15 is 0 Å². The number of aromatic nitrogens is 2. The fourth-order valence-electron chi connectivity index (χ4n) is 2.74. The van der Waals surface area contributed by atoms with Crippen molar-refractivity contribution in [1.29, 1.82) is 0 Å². The number of amides is 2. The Morgan fingerprint density at radius 2 is 2.14 bits per heavy atom. The summed E-state index contributed by atoms with van der Waals surface area (Å²) in [7, 11) is 0. The summed E-state index contributed by atoms with van der Waals surface area (Å²) in [4.78, 5) is 25.2. The van der Waals surface area contributed by atoms with Crippen LogP contribution < -0.4 is 5.73 Å². The van der Waals surface area contributed by atoms with Crippen LogP contribution in [0.5, 0.6) is 0 Å². The van der Waals surface area contributed by atoms with Gasteiger partial charge in [-0.3, -0.25) is 14.3 Å². The normalized spacial score (nSPS) is 20.9. The van der Waals surface area contributed by atoms with E-state index in [1.165, 1.54) is 21.7 Å². The SMILES string of the molecule is C=Cc1c(C(N)=O)nn(CC(=O)N2CC(F)CC2C)c1C=C. The number of alkyl halides is 1. The summed E-state index contributed by atoms with van der Waals surface area (Å²) >= 11 is 0. The lowest BCUT2D eigenvalue weighted by Crippen LogP contribution is -2.37. The van der Waals surface area contributed by atoms with Gasteiger partial charge in [-0.15, -0.1) is 0 Å². The van der Waals surface area contributed by atoms with E-state index in [2.05, 4.69) is 18.3 Å². The number of hydrogen-bond donors (Lipinski definition) is 1. The lowest BCUT2D eigenvalue weighted by atomic mass is 10.1. The molecule has 0 aliphatic carbocycles. The van der Waals surface area contributed by atoms with Gasteiger partial charge in [0.2, 0.25) is 5.91 Å². The first-order valence-electron chi connectivity index (χ1n) is 6.98. The van der Waals surface area contributed by atoms with Crippen molar-refractivity contribution in [2.45, 2.75) is 32.1 Å². The molecule has 22 heavy (non-hydrogen) atoms. The first-order chi connectivity index (χ1) is 10.4. The van der Waals surface area contributed by atoms with E-state index in [9.17, 15) is 14.0 Å². The Labute approximate surface area is 128 Å². The van der Waals surface area contributed by atoms with Gasteiger partial charge in [0.15, 0.2) is 5.69 Å². The molecule has 6 nitrogen and oxygen atoms in total. The smallest absolute Gasteiger partial charge is 0.269 e. The van der Waals surface area contributed by atoms with Crippen molar-refractivity contribution < 1.29 is 14.0 Å². The Balaban J connectivity index is 2.29. The number of primary amides is 1. The average Bonchev–Trinajstić information content (AvgIpc) is 2.98. The molecule has 2 atom stereocenters. The predicted octanol–water partition coefficient (Wildman–Crippen LogP) is 1.23. The molecule has 1 fully saturated rings. The molecule has 1 aliphatic heterocycles. The van der Waals surface area contributed by atoms with Gasteiger partial charge in [0.05, 0.1) is 12.2 Å². The highest BCUT2D eigenvalue weighted by Gasteiger charge is 2.32. The third-order valence-corrected chi connectivity index (χ3v) is 3.79. The second kappa shape index (κ2) is 6.13. The Morgan fingerprint density at radius 3 is 2.59 bits per heavy atom. The summed E-state index contributed by atoms with van der Waals surface area (Å²) < 4.78 is 14.7. The molecule has 2 amide bonds. The van der Waals surface area contributed by atoms with Crippen LogP contribution in [0.15, 0.2) is 13.2 Å². The van der Waals surface area contributed by atoms with Gasteiger partial charge in [-0.05, 0) is 13.0 Å². The molecule has 7 heteroatoms. The Morgan fingerprint density at radius 1 is 1.45 bits per heavy atom. The molecule has 0 aromatic carbocycles. The number of hydrogen-bond acceptors (Lipinski definition) is 3. The summed E-state index contributed by atoms with van der Waals surface area (Å²) in [6.45, 7) is 9.06. The molecule has 1 aliphatic rings. The fourth-order valence-corrected chi connectivity index (χ4v) is 2.74. The van der Waals surface area contributed by atoms with Crippen LogP contribution in [0.4, 0.5) is 4.39 Å². The molecule has 0 saturated carbocycles. The zero-order valence-corrected chi connectivity index (χ0v) is 12.5. The zero-order valence-electron chi connectivity index (χ0n) is 12.5. The molecule has 0 radical (unpaired) electrons. The molecule has 2 heterocycles. The minimum Gasteiger partial charge on any atom is -0.364 e. The topological polar surface area (TPSA) is 81.2 Å². The lowest BCUT2D eigenvalue weighted by Gasteiger charge is -2.21. The van der Waals surface area contributed by atoms with Crippen molar-refractivity contribution >= 4 is 24.0 Å². The van der Waals surface area contributed by atoms with Gasteiger partial charge in [0.25, 0.3) is 5.91 Å². The van der Waals surface area contributed by atoms with Crippen LogP contribution >= 0.6 is 0 Å². The fraction of sp³-hybridized carbons (Fsp3) is 0.400. The van der Waals surface area contributed by atoms with Gasteiger partial charge >= 0.3 is 0 Å². The van der Waals surface area contributed by atoms with E-state index in [4.69, 9.17) is 5.73 Å².